The van der Waals surface area contributed by atoms with E-state index in [4.69, 9.17) is 29.8 Å². The van der Waals surface area contributed by atoms with Crippen LogP contribution in [0.15, 0.2) is 0 Å². The number of carbonyl (C=O) groups excluding carboxylic acids is 5. The normalized spacial score (nSPS) is 11.9. The van der Waals surface area contributed by atoms with E-state index in [1.807, 2.05) is 13.8 Å². The molecule has 62 heavy (non-hydrogen) atoms. The Morgan fingerprint density at radius 2 is 1.02 bits per heavy atom. The van der Waals surface area contributed by atoms with Crippen molar-refractivity contribution in [3.63, 3.8) is 0 Å². The van der Waals surface area contributed by atoms with Crippen LogP contribution in [-0.2, 0) is 52.5 Å². The average Bonchev–Trinajstić information content (AvgIpc) is 3.23. The predicted octanol–water partition coefficient (Wildman–Crippen LogP) is 7.11. The lowest BCUT2D eigenvalue weighted by atomic mass is 10.0. The number of unbranched alkanes of at least 4 members (excludes halogenated alkanes) is 15. The van der Waals surface area contributed by atoms with Gasteiger partial charge in [0.2, 0.25) is 17.7 Å². The van der Waals surface area contributed by atoms with E-state index in [1.54, 1.807) is 6.92 Å². The summed E-state index contributed by atoms with van der Waals surface area (Å²) in [4.78, 5) is 79.1. The van der Waals surface area contributed by atoms with Gasteiger partial charge in [0.15, 0.2) is 5.78 Å². The second-order valence-corrected chi connectivity index (χ2v) is 15.9. The number of carboxylic acids is 2. The van der Waals surface area contributed by atoms with Gasteiger partial charge in [-0.05, 0) is 38.5 Å². The molecule has 0 aromatic rings. The van der Waals surface area contributed by atoms with Crippen LogP contribution in [0.3, 0.4) is 0 Å². The molecular formula is C46H87N3O13. The zero-order valence-electron chi connectivity index (χ0n) is 38.7. The van der Waals surface area contributed by atoms with Gasteiger partial charge >= 0.3 is 11.9 Å². The number of primary amides is 1. The number of nitrogens with one attached hydrogen (secondary N) is 2. The maximum atomic E-state index is 12.0. The van der Waals surface area contributed by atoms with Crippen molar-refractivity contribution >= 4 is 41.2 Å². The topological polar surface area (TPSA) is 247 Å². The van der Waals surface area contributed by atoms with Crippen molar-refractivity contribution in [3.05, 3.63) is 0 Å². The van der Waals surface area contributed by atoms with Crippen LogP contribution < -0.4 is 16.4 Å². The van der Waals surface area contributed by atoms with Crippen molar-refractivity contribution in [2.45, 2.75) is 187 Å². The summed E-state index contributed by atoms with van der Waals surface area (Å²) in [6.07, 6.45) is 21.8. The highest BCUT2D eigenvalue weighted by Gasteiger charge is 2.20. The van der Waals surface area contributed by atoms with Crippen LogP contribution in [0, 0.1) is 5.92 Å². The fourth-order valence-corrected chi connectivity index (χ4v) is 6.10. The first kappa shape index (κ1) is 60.6. The molecule has 0 aliphatic heterocycles. The minimum Gasteiger partial charge on any atom is -0.481 e. The van der Waals surface area contributed by atoms with Crippen molar-refractivity contribution in [1.82, 2.24) is 10.6 Å². The number of hydrogen-bond acceptors (Lipinski definition) is 11. The molecule has 0 heterocycles. The van der Waals surface area contributed by atoms with Crippen LogP contribution in [0.25, 0.3) is 0 Å². The summed E-state index contributed by atoms with van der Waals surface area (Å²) >= 11 is 0. The molecule has 0 bridgehead atoms. The number of carboxylic acid groups (broad SMARTS) is 2. The Hall–Kier alpha value is -3.47. The first-order valence-corrected chi connectivity index (χ1v) is 23.5. The van der Waals surface area contributed by atoms with Crippen molar-refractivity contribution < 1.29 is 64.1 Å². The lowest BCUT2D eigenvalue weighted by Crippen LogP contribution is -2.41. The van der Waals surface area contributed by atoms with E-state index in [2.05, 4.69) is 10.6 Å². The minimum absolute atomic E-state index is 0. The fraction of sp³-hybridized carbons (Fsp3) is 0.848. The molecule has 0 aliphatic rings. The number of carbonyl (C=O) groups is 7. The molecule has 0 aliphatic carbocycles. The van der Waals surface area contributed by atoms with Gasteiger partial charge in [-0.3, -0.25) is 28.8 Å². The van der Waals surface area contributed by atoms with E-state index >= 15 is 0 Å². The van der Waals surface area contributed by atoms with Crippen LogP contribution in [0.5, 0.6) is 0 Å². The predicted molar refractivity (Wildman–Crippen MR) is 241 cm³/mol. The molecule has 2 atom stereocenters. The number of amides is 3. The molecule has 0 saturated heterocycles. The van der Waals surface area contributed by atoms with Gasteiger partial charge in [0, 0.05) is 52.6 Å². The van der Waals surface area contributed by atoms with Gasteiger partial charge in [-0.25, -0.2) is 4.79 Å². The van der Waals surface area contributed by atoms with E-state index in [0.717, 1.165) is 70.6 Å². The Morgan fingerprint density at radius 3 is 1.53 bits per heavy atom. The molecule has 0 rings (SSSR count). The Kier molecular flexibility index (Phi) is 44.5. The van der Waals surface area contributed by atoms with E-state index in [1.165, 1.54) is 51.4 Å². The van der Waals surface area contributed by atoms with E-state index in [-0.39, 0.29) is 62.7 Å². The van der Waals surface area contributed by atoms with Crippen molar-refractivity contribution in [2.24, 2.45) is 11.7 Å². The number of Topliss-reactive ketones (excluding diaryl/α,β-unsaturated/α-hetero) is 2. The number of ether oxygens (including phenoxy) is 4. The summed E-state index contributed by atoms with van der Waals surface area (Å²) in [6.45, 7) is 8.71. The summed E-state index contributed by atoms with van der Waals surface area (Å²) in [7, 11) is 0. The molecule has 3 amide bonds. The second kappa shape index (κ2) is 45.6. The third-order valence-electron chi connectivity index (χ3n) is 10.0. The Morgan fingerprint density at radius 1 is 0.532 bits per heavy atom. The van der Waals surface area contributed by atoms with E-state index < -0.39 is 18.0 Å². The molecule has 364 valence electrons. The molecule has 16 nitrogen and oxygen atoms in total. The fourth-order valence-electron chi connectivity index (χ4n) is 6.10. The van der Waals surface area contributed by atoms with Crippen LogP contribution in [0.2, 0.25) is 0 Å². The smallest absolute Gasteiger partial charge is 0.326 e. The van der Waals surface area contributed by atoms with Gasteiger partial charge in [-0.15, -0.1) is 0 Å². The largest absolute Gasteiger partial charge is 0.481 e. The molecule has 0 aromatic heterocycles. The van der Waals surface area contributed by atoms with Gasteiger partial charge in [0.05, 0.1) is 33.0 Å². The highest BCUT2D eigenvalue weighted by atomic mass is 16.5. The second-order valence-electron chi connectivity index (χ2n) is 15.9. The number of hydrogen-bond donors (Lipinski definition) is 5. The number of nitrogens with two attached hydrogens (primary N) is 1. The quantitative estimate of drug-likeness (QED) is 0.0383. The van der Waals surface area contributed by atoms with Crippen LogP contribution in [0.1, 0.15) is 183 Å². The Balaban J connectivity index is -0.00000113. The van der Waals surface area contributed by atoms with Crippen LogP contribution >= 0.6 is 0 Å². The van der Waals surface area contributed by atoms with Gasteiger partial charge in [-0.2, -0.15) is 0 Å². The zero-order valence-corrected chi connectivity index (χ0v) is 38.7. The molecule has 0 unspecified atom stereocenters. The van der Waals surface area contributed by atoms with Crippen molar-refractivity contribution in [2.75, 3.05) is 59.4 Å². The molecule has 0 radical (unpaired) electrons. The monoisotopic (exact) mass is 890 g/mol. The third-order valence-corrected chi connectivity index (χ3v) is 10.0. The van der Waals surface area contributed by atoms with Gasteiger partial charge in [0.1, 0.15) is 25.0 Å². The highest BCUT2D eigenvalue weighted by Crippen LogP contribution is 2.14. The van der Waals surface area contributed by atoms with Crippen LogP contribution in [0.4, 0.5) is 0 Å². The first-order chi connectivity index (χ1) is 29.8. The first-order valence-electron chi connectivity index (χ1n) is 23.5. The molecule has 0 fully saturated rings. The molecule has 0 spiro atoms. The summed E-state index contributed by atoms with van der Waals surface area (Å²) in [5.41, 5.74) is 5.21. The lowest BCUT2D eigenvalue weighted by molar-refractivity contribution is -0.142. The van der Waals surface area contributed by atoms with Gasteiger partial charge < -0.3 is 45.5 Å². The lowest BCUT2D eigenvalue weighted by Gasteiger charge is -2.14. The zero-order chi connectivity index (χ0) is 46.5. The summed E-state index contributed by atoms with van der Waals surface area (Å²) in [5, 5.41) is 23.0. The standard InChI is InChI=1S/C25H45NO6.C21H40N2O7.H2/c1-2-21(27)19-20-22(25(31)32)26-23(28)17-15-13-11-9-7-5-3-4-6-8-10-12-14-16-18-24(29)30;1-3-10-27-12-15-30-17-20(25)23-9-11-28-13-14-29-16-19(24)8-6-4-5-7-18(2)21(22)26;/h22H,2-20H2,1H3,(H,26,28)(H,29,30)(H,31,32);18H,3-17H2,1-2H3,(H2,22,26)(H,23,25);1H/t22-;18-;/m00./s1. The maximum Gasteiger partial charge on any atom is 0.326 e. The molecule has 6 N–H and O–H groups in total. The molecule has 0 saturated carbocycles. The van der Waals surface area contributed by atoms with E-state index in [9.17, 15) is 38.7 Å². The SMILES string of the molecule is CCC(=O)CC[C@H](NC(=O)CCCCCCCCCCCCCCCCC(=O)O)C(=O)O.CCCOCCOCC(=O)NCCOCCOCC(=O)CCCCC[C@H](C)C(N)=O.[HH]. The van der Waals surface area contributed by atoms with Crippen LogP contribution in [-0.4, -0.2) is 117 Å². The average molecular weight is 890 g/mol. The summed E-state index contributed by atoms with van der Waals surface area (Å²) < 4.78 is 21.1. The third kappa shape index (κ3) is 46.0. The number of aliphatic carboxylic acids is 2. The Labute approximate surface area is 373 Å². The summed E-state index contributed by atoms with van der Waals surface area (Å²) in [5.74, 6) is -2.54. The van der Waals surface area contributed by atoms with E-state index in [0.29, 0.717) is 71.9 Å². The highest BCUT2D eigenvalue weighted by molar-refractivity contribution is 5.84. The van der Waals surface area contributed by atoms with Crippen molar-refractivity contribution in [3.8, 4) is 0 Å². The van der Waals surface area contributed by atoms with Gasteiger partial charge in [0.25, 0.3) is 0 Å². The Bertz CT molecular complexity index is 1180. The summed E-state index contributed by atoms with van der Waals surface area (Å²) in [6, 6.07) is -0.977. The van der Waals surface area contributed by atoms with Gasteiger partial charge in [-0.1, -0.05) is 111 Å². The number of ketones is 2. The maximum absolute atomic E-state index is 12.0. The molecular weight excluding hydrogens is 803 g/mol. The molecule has 0 aromatic carbocycles. The number of rotatable bonds is 45. The van der Waals surface area contributed by atoms with Crippen molar-refractivity contribution in [1.29, 1.82) is 0 Å². The molecule has 16 heteroatoms. The minimum atomic E-state index is -1.09.